The first-order chi connectivity index (χ1) is 9.72. The Morgan fingerprint density at radius 2 is 2.10 bits per heavy atom. The Morgan fingerprint density at radius 3 is 2.90 bits per heavy atom. The van der Waals surface area contributed by atoms with Crippen molar-refractivity contribution in [2.75, 3.05) is 0 Å². The number of benzene rings is 1. The molecular weight excluding hydrogens is 254 g/mol. The number of aromatic nitrogens is 3. The van der Waals surface area contributed by atoms with Gasteiger partial charge in [-0.05, 0) is 31.2 Å². The van der Waals surface area contributed by atoms with Crippen molar-refractivity contribution >= 4 is 0 Å². The number of aromatic hydroxyl groups is 1. The molecule has 0 bridgehead atoms. The van der Waals surface area contributed by atoms with E-state index in [1.807, 2.05) is 37.3 Å². The molecule has 0 radical (unpaired) electrons. The molecule has 2 aromatic heterocycles. The van der Waals surface area contributed by atoms with Gasteiger partial charge in [0, 0.05) is 11.9 Å². The number of hydrogen-bond donors (Lipinski definition) is 1. The molecule has 20 heavy (non-hydrogen) atoms. The summed E-state index contributed by atoms with van der Waals surface area (Å²) in [5.41, 5.74) is 2.43. The third-order valence-corrected chi connectivity index (χ3v) is 2.92. The van der Waals surface area contributed by atoms with E-state index in [1.54, 1.807) is 12.3 Å². The van der Waals surface area contributed by atoms with Crippen LogP contribution in [0.4, 0.5) is 0 Å². The number of pyridine rings is 1. The van der Waals surface area contributed by atoms with Gasteiger partial charge in [-0.25, -0.2) is 0 Å². The van der Waals surface area contributed by atoms with Crippen molar-refractivity contribution < 1.29 is 9.63 Å². The molecular formula is C15H13N3O2. The molecule has 100 valence electrons. The van der Waals surface area contributed by atoms with Gasteiger partial charge in [-0.15, -0.1) is 0 Å². The number of rotatable bonds is 3. The minimum absolute atomic E-state index is 0.128. The fourth-order valence-corrected chi connectivity index (χ4v) is 1.92. The van der Waals surface area contributed by atoms with Crippen LogP contribution in [0.3, 0.4) is 0 Å². The van der Waals surface area contributed by atoms with Crippen LogP contribution in [0.2, 0.25) is 0 Å². The molecule has 0 unspecified atom stereocenters. The first-order valence-corrected chi connectivity index (χ1v) is 6.25. The Hall–Kier alpha value is -2.69. The number of hydrogen-bond acceptors (Lipinski definition) is 5. The van der Waals surface area contributed by atoms with E-state index in [1.165, 1.54) is 0 Å². The molecule has 2 heterocycles. The zero-order chi connectivity index (χ0) is 13.9. The second-order valence-electron chi connectivity index (χ2n) is 4.53. The van der Waals surface area contributed by atoms with Gasteiger partial charge in [0.2, 0.25) is 0 Å². The van der Waals surface area contributed by atoms with E-state index < -0.39 is 0 Å². The van der Waals surface area contributed by atoms with Crippen LogP contribution in [-0.2, 0) is 6.42 Å². The molecule has 0 saturated heterocycles. The summed E-state index contributed by atoms with van der Waals surface area (Å²) >= 11 is 0. The molecule has 0 amide bonds. The third kappa shape index (κ3) is 2.51. The third-order valence-electron chi connectivity index (χ3n) is 2.92. The Morgan fingerprint density at radius 1 is 1.20 bits per heavy atom. The minimum atomic E-state index is 0.128. The van der Waals surface area contributed by atoms with Crippen LogP contribution in [0.15, 0.2) is 47.1 Å². The molecule has 3 aromatic rings. The highest BCUT2D eigenvalue weighted by molar-refractivity contribution is 5.63. The topological polar surface area (TPSA) is 72.0 Å². The fraction of sp³-hybridized carbons (Fsp3) is 0.133. The summed E-state index contributed by atoms with van der Waals surface area (Å²) in [5.74, 6) is 0.986. The van der Waals surface area contributed by atoms with Crippen LogP contribution in [0.5, 0.6) is 5.75 Å². The largest absolute Gasteiger partial charge is 0.507 e. The number of aryl methyl sites for hydroxylation is 1. The quantitative estimate of drug-likeness (QED) is 0.790. The Balaban J connectivity index is 1.88. The monoisotopic (exact) mass is 267 g/mol. The molecule has 5 nitrogen and oxygen atoms in total. The molecule has 1 aromatic carbocycles. The van der Waals surface area contributed by atoms with Crippen LogP contribution in [-0.4, -0.2) is 20.2 Å². The molecule has 0 spiro atoms. The first kappa shape index (κ1) is 12.3. The van der Waals surface area contributed by atoms with Crippen molar-refractivity contribution in [1.29, 1.82) is 0 Å². The lowest BCUT2D eigenvalue weighted by molar-refractivity contribution is 0.418. The van der Waals surface area contributed by atoms with Crippen LogP contribution in [0, 0.1) is 6.92 Å². The van der Waals surface area contributed by atoms with E-state index >= 15 is 0 Å². The maximum Gasteiger partial charge on any atom is 0.261 e. The van der Waals surface area contributed by atoms with Crippen molar-refractivity contribution in [3.05, 3.63) is 59.7 Å². The molecule has 0 saturated carbocycles. The summed E-state index contributed by atoms with van der Waals surface area (Å²) in [6.45, 7) is 1.94. The van der Waals surface area contributed by atoms with Gasteiger partial charge in [-0.2, -0.15) is 4.98 Å². The zero-order valence-corrected chi connectivity index (χ0v) is 10.9. The van der Waals surface area contributed by atoms with E-state index in [-0.39, 0.29) is 5.75 Å². The maximum absolute atomic E-state index is 9.85. The second-order valence-corrected chi connectivity index (χ2v) is 4.53. The highest BCUT2D eigenvalue weighted by atomic mass is 16.5. The average molecular weight is 267 g/mol. The zero-order valence-electron chi connectivity index (χ0n) is 10.9. The predicted octanol–water partition coefficient (Wildman–Crippen LogP) is 2.74. The molecule has 0 fully saturated rings. The Labute approximate surface area is 115 Å². The fourth-order valence-electron chi connectivity index (χ4n) is 1.92. The summed E-state index contributed by atoms with van der Waals surface area (Å²) in [6, 6.07) is 10.9. The van der Waals surface area contributed by atoms with Crippen molar-refractivity contribution in [2.24, 2.45) is 0 Å². The lowest BCUT2D eigenvalue weighted by Crippen LogP contribution is -1.93. The van der Waals surface area contributed by atoms with Gasteiger partial charge in [-0.3, -0.25) is 4.98 Å². The lowest BCUT2D eigenvalue weighted by atomic mass is 10.1. The molecule has 0 aliphatic rings. The summed E-state index contributed by atoms with van der Waals surface area (Å²) in [6.07, 6.45) is 2.22. The van der Waals surface area contributed by atoms with Crippen molar-refractivity contribution in [3.8, 4) is 17.2 Å². The molecule has 0 atom stereocenters. The van der Waals surface area contributed by atoms with Crippen LogP contribution in [0.25, 0.3) is 11.5 Å². The molecule has 1 N–H and O–H groups in total. The molecule has 3 rings (SSSR count). The van der Waals surface area contributed by atoms with Gasteiger partial charge < -0.3 is 9.63 Å². The van der Waals surface area contributed by atoms with Crippen LogP contribution < -0.4 is 0 Å². The summed E-state index contributed by atoms with van der Waals surface area (Å²) in [5, 5.41) is 13.8. The van der Waals surface area contributed by atoms with Crippen molar-refractivity contribution in [3.63, 3.8) is 0 Å². The van der Waals surface area contributed by atoms with E-state index in [2.05, 4.69) is 15.1 Å². The molecule has 0 aliphatic carbocycles. The van der Waals surface area contributed by atoms with Gasteiger partial charge in [0.1, 0.15) is 5.75 Å². The summed E-state index contributed by atoms with van der Waals surface area (Å²) in [4.78, 5) is 8.52. The van der Waals surface area contributed by atoms with E-state index in [0.29, 0.717) is 23.7 Å². The van der Waals surface area contributed by atoms with Gasteiger partial charge in [-0.1, -0.05) is 22.9 Å². The van der Waals surface area contributed by atoms with Crippen LogP contribution >= 0.6 is 0 Å². The van der Waals surface area contributed by atoms with E-state index in [9.17, 15) is 5.11 Å². The smallest absolute Gasteiger partial charge is 0.261 e. The van der Waals surface area contributed by atoms with Gasteiger partial charge >= 0.3 is 0 Å². The molecule has 5 heteroatoms. The Bertz CT molecular complexity index is 723. The highest BCUT2D eigenvalue weighted by Gasteiger charge is 2.13. The van der Waals surface area contributed by atoms with E-state index in [0.717, 1.165) is 11.3 Å². The van der Waals surface area contributed by atoms with Crippen molar-refractivity contribution in [1.82, 2.24) is 15.1 Å². The SMILES string of the molecule is Cc1ccc(O)c(-c2nc(Cc3ccccn3)no2)c1. The Kier molecular flexibility index (Phi) is 3.16. The predicted molar refractivity (Wildman–Crippen MR) is 73.2 cm³/mol. The highest BCUT2D eigenvalue weighted by Crippen LogP contribution is 2.28. The number of phenols is 1. The first-order valence-electron chi connectivity index (χ1n) is 6.25. The van der Waals surface area contributed by atoms with Crippen LogP contribution in [0.1, 0.15) is 17.1 Å². The standard InChI is InChI=1S/C15H13N3O2/c1-10-5-6-13(19)12(8-10)15-17-14(18-20-15)9-11-4-2-3-7-16-11/h2-8,19H,9H2,1H3. The van der Waals surface area contributed by atoms with E-state index in [4.69, 9.17) is 4.52 Å². The minimum Gasteiger partial charge on any atom is -0.507 e. The van der Waals surface area contributed by atoms with Gasteiger partial charge in [0.15, 0.2) is 5.82 Å². The maximum atomic E-state index is 9.85. The van der Waals surface area contributed by atoms with Gasteiger partial charge in [0.25, 0.3) is 5.89 Å². The lowest BCUT2D eigenvalue weighted by Gasteiger charge is -2.00. The number of nitrogens with zero attached hydrogens (tertiary/aromatic N) is 3. The van der Waals surface area contributed by atoms with Gasteiger partial charge in [0.05, 0.1) is 12.0 Å². The normalized spacial score (nSPS) is 10.7. The second kappa shape index (κ2) is 5.13. The summed E-state index contributed by atoms with van der Waals surface area (Å²) < 4.78 is 5.21. The van der Waals surface area contributed by atoms with Crippen molar-refractivity contribution in [2.45, 2.75) is 13.3 Å². The number of phenolic OH excluding ortho intramolecular Hbond substituents is 1. The molecule has 0 aliphatic heterocycles. The average Bonchev–Trinajstić information content (AvgIpc) is 2.91. The summed E-state index contributed by atoms with van der Waals surface area (Å²) in [7, 11) is 0.